The Morgan fingerprint density at radius 3 is 2.62 bits per heavy atom. The lowest BCUT2D eigenvalue weighted by atomic mass is 10.0. The number of rotatable bonds is 6. The molecule has 0 aliphatic carbocycles. The van der Waals surface area contributed by atoms with Crippen molar-refractivity contribution in [1.82, 2.24) is 9.78 Å². The minimum atomic E-state index is -1.35. The van der Waals surface area contributed by atoms with Gasteiger partial charge in [0.15, 0.2) is 0 Å². The Labute approximate surface area is 96.8 Å². The molecule has 0 aliphatic heterocycles. The highest BCUT2D eigenvalue weighted by molar-refractivity contribution is 5.04. The van der Waals surface area contributed by atoms with Crippen LogP contribution in [0.3, 0.4) is 0 Å². The average Bonchev–Trinajstić information content (AvgIpc) is 2.68. The maximum absolute atomic E-state index is 13.7. The first-order chi connectivity index (χ1) is 7.52. The van der Waals surface area contributed by atoms with Crippen LogP contribution in [0, 0.1) is 0 Å². The van der Waals surface area contributed by atoms with Gasteiger partial charge in [-0.1, -0.05) is 13.8 Å². The van der Waals surface area contributed by atoms with Crippen molar-refractivity contribution in [1.29, 1.82) is 0 Å². The molecule has 2 N–H and O–H groups in total. The van der Waals surface area contributed by atoms with E-state index in [0.717, 1.165) is 18.5 Å². The summed E-state index contributed by atoms with van der Waals surface area (Å²) < 4.78 is 15.6. The lowest BCUT2D eigenvalue weighted by molar-refractivity contribution is 0.197. The van der Waals surface area contributed by atoms with Gasteiger partial charge in [0.25, 0.3) is 0 Å². The number of hydrogen-bond acceptors (Lipinski definition) is 2. The second-order valence-corrected chi connectivity index (χ2v) is 4.55. The summed E-state index contributed by atoms with van der Waals surface area (Å²) in [5, 5.41) is 4.41. The molecule has 1 aromatic rings. The second-order valence-electron chi connectivity index (χ2n) is 4.55. The molecular weight excluding hydrogens is 205 g/mol. The van der Waals surface area contributed by atoms with Gasteiger partial charge in [-0.15, -0.1) is 0 Å². The topological polar surface area (TPSA) is 43.8 Å². The number of hydrogen-bond donors (Lipinski definition) is 1. The summed E-state index contributed by atoms with van der Waals surface area (Å²) in [7, 11) is 0. The molecule has 0 aliphatic rings. The summed E-state index contributed by atoms with van der Waals surface area (Å²) in [5.41, 5.74) is 4.79. The zero-order valence-electron chi connectivity index (χ0n) is 10.4. The largest absolute Gasteiger partial charge is 0.328 e. The van der Waals surface area contributed by atoms with E-state index in [0.29, 0.717) is 6.04 Å². The first-order valence-corrected chi connectivity index (χ1v) is 5.95. The highest BCUT2D eigenvalue weighted by Gasteiger charge is 2.23. The molecule has 0 fully saturated rings. The molecule has 0 amide bonds. The monoisotopic (exact) mass is 227 g/mol. The van der Waals surface area contributed by atoms with Crippen LogP contribution in [0.25, 0.3) is 0 Å². The minimum Gasteiger partial charge on any atom is -0.328 e. The SMILES string of the molecule is CCC(CC)n1ccc(CC(C)(F)CN)n1. The van der Waals surface area contributed by atoms with Crippen LogP contribution in [0.1, 0.15) is 45.3 Å². The van der Waals surface area contributed by atoms with Gasteiger partial charge in [0, 0.05) is 19.2 Å². The van der Waals surface area contributed by atoms with Gasteiger partial charge in [0.2, 0.25) is 0 Å². The van der Waals surface area contributed by atoms with Crippen LogP contribution < -0.4 is 5.73 Å². The van der Waals surface area contributed by atoms with E-state index in [-0.39, 0.29) is 13.0 Å². The molecule has 0 bridgehead atoms. The van der Waals surface area contributed by atoms with E-state index in [4.69, 9.17) is 5.73 Å². The van der Waals surface area contributed by atoms with Crippen molar-refractivity contribution < 1.29 is 4.39 Å². The van der Waals surface area contributed by atoms with Gasteiger partial charge >= 0.3 is 0 Å². The van der Waals surface area contributed by atoms with Gasteiger partial charge in [0.05, 0.1) is 11.7 Å². The van der Waals surface area contributed by atoms with Crippen molar-refractivity contribution >= 4 is 0 Å². The van der Waals surface area contributed by atoms with E-state index in [1.807, 2.05) is 16.9 Å². The summed E-state index contributed by atoms with van der Waals surface area (Å²) in [6.07, 6.45) is 4.30. The molecular formula is C12H22FN3. The van der Waals surface area contributed by atoms with E-state index < -0.39 is 5.67 Å². The van der Waals surface area contributed by atoms with Crippen molar-refractivity contribution in [2.24, 2.45) is 5.73 Å². The van der Waals surface area contributed by atoms with Crippen molar-refractivity contribution in [3.63, 3.8) is 0 Å². The quantitative estimate of drug-likeness (QED) is 0.811. The van der Waals surface area contributed by atoms with Crippen LogP contribution in [-0.2, 0) is 6.42 Å². The third-order valence-corrected chi connectivity index (χ3v) is 2.96. The highest BCUT2D eigenvalue weighted by Crippen LogP contribution is 2.18. The third-order valence-electron chi connectivity index (χ3n) is 2.96. The lowest BCUT2D eigenvalue weighted by Gasteiger charge is -2.16. The van der Waals surface area contributed by atoms with Crippen LogP contribution in [-0.4, -0.2) is 22.0 Å². The predicted molar refractivity (Wildman–Crippen MR) is 64.1 cm³/mol. The van der Waals surface area contributed by atoms with E-state index >= 15 is 0 Å². The predicted octanol–water partition coefficient (Wildman–Crippen LogP) is 2.47. The normalized spacial score (nSPS) is 15.4. The smallest absolute Gasteiger partial charge is 0.126 e. The van der Waals surface area contributed by atoms with Crippen LogP contribution in [0.5, 0.6) is 0 Å². The molecule has 0 radical (unpaired) electrons. The van der Waals surface area contributed by atoms with Crippen molar-refractivity contribution in [2.45, 2.75) is 51.7 Å². The fraction of sp³-hybridized carbons (Fsp3) is 0.750. The Balaban J connectivity index is 2.71. The van der Waals surface area contributed by atoms with Crippen LogP contribution in [0.15, 0.2) is 12.3 Å². The summed E-state index contributed by atoms with van der Waals surface area (Å²) in [5.74, 6) is 0. The van der Waals surface area contributed by atoms with Crippen molar-refractivity contribution in [2.75, 3.05) is 6.54 Å². The Kier molecular flexibility index (Phi) is 4.47. The van der Waals surface area contributed by atoms with E-state index in [1.54, 1.807) is 0 Å². The van der Waals surface area contributed by atoms with Crippen LogP contribution in [0.4, 0.5) is 4.39 Å². The minimum absolute atomic E-state index is 0.0326. The Bertz CT molecular complexity index is 316. The molecule has 4 heteroatoms. The zero-order valence-corrected chi connectivity index (χ0v) is 10.4. The van der Waals surface area contributed by atoms with Gasteiger partial charge < -0.3 is 5.73 Å². The zero-order chi connectivity index (χ0) is 12.2. The number of alkyl halides is 1. The van der Waals surface area contributed by atoms with E-state index in [1.165, 1.54) is 6.92 Å². The van der Waals surface area contributed by atoms with Gasteiger partial charge in [-0.3, -0.25) is 4.68 Å². The van der Waals surface area contributed by atoms with Crippen LogP contribution in [0.2, 0.25) is 0 Å². The molecule has 0 saturated heterocycles. The summed E-state index contributed by atoms with van der Waals surface area (Å²) in [6.45, 7) is 5.82. The average molecular weight is 227 g/mol. The molecule has 1 heterocycles. The molecule has 1 rings (SSSR count). The summed E-state index contributed by atoms with van der Waals surface area (Å²) in [6, 6.07) is 2.30. The molecule has 0 saturated carbocycles. The fourth-order valence-corrected chi connectivity index (χ4v) is 1.79. The molecule has 16 heavy (non-hydrogen) atoms. The number of nitrogens with zero attached hydrogens (tertiary/aromatic N) is 2. The first-order valence-electron chi connectivity index (χ1n) is 5.95. The number of nitrogens with two attached hydrogens (primary N) is 1. The van der Waals surface area contributed by atoms with Gasteiger partial charge in [-0.05, 0) is 25.8 Å². The van der Waals surface area contributed by atoms with Crippen LogP contribution >= 0.6 is 0 Å². The fourth-order valence-electron chi connectivity index (χ4n) is 1.79. The molecule has 3 nitrogen and oxygen atoms in total. The first kappa shape index (κ1) is 13.2. The van der Waals surface area contributed by atoms with Gasteiger partial charge in [0.1, 0.15) is 5.67 Å². The standard InChI is InChI=1S/C12H22FN3/c1-4-11(5-2)16-7-6-10(15-16)8-12(3,13)9-14/h6-7,11H,4-5,8-9,14H2,1-3H3. The maximum Gasteiger partial charge on any atom is 0.126 e. The number of aromatic nitrogens is 2. The van der Waals surface area contributed by atoms with Gasteiger partial charge in [-0.2, -0.15) is 5.10 Å². The van der Waals surface area contributed by atoms with E-state index in [9.17, 15) is 4.39 Å². The Hall–Kier alpha value is -0.900. The third kappa shape index (κ3) is 3.30. The summed E-state index contributed by atoms with van der Waals surface area (Å²) >= 11 is 0. The van der Waals surface area contributed by atoms with Crippen molar-refractivity contribution in [3.8, 4) is 0 Å². The highest BCUT2D eigenvalue weighted by atomic mass is 19.1. The molecule has 0 spiro atoms. The molecule has 1 aromatic heterocycles. The number of halogens is 1. The molecule has 92 valence electrons. The second kappa shape index (κ2) is 5.43. The molecule has 0 aromatic carbocycles. The van der Waals surface area contributed by atoms with Crippen molar-refractivity contribution in [3.05, 3.63) is 18.0 Å². The Morgan fingerprint density at radius 1 is 1.50 bits per heavy atom. The molecule has 1 atom stereocenters. The van der Waals surface area contributed by atoms with Gasteiger partial charge in [-0.25, -0.2) is 4.39 Å². The Morgan fingerprint density at radius 2 is 2.12 bits per heavy atom. The lowest BCUT2D eigenvalue weighted by Crippen LogP contribution is -2.31. The van der Waals surface area contributed by atoms with E-state index in [2.05, 4.69) is 18.9 Å². The maximum atomic E-state index is 13.7. The summed E-state index contributed by atoms with van der Waals surface area (Å²) in [4.78, 5) is 0. The molecule has 1 unspecified atom stereocenters.